The number of carbonyl (C=O) groups is 2. The van der Waals surface area contributed by atoms with E-state index < -0.39 is 5.97 Å². The molecular formula is C11H14N2O3. The molecule has 0 aromatic heterocycles. The molecule has 0 aliphatic heterocycles. The Hall–Kier alpha value is -1.88. The van der Waals surface area contributed by atoms with Gasteiger partial charge in [-0.3, -0.25) is 9.59 Å². The van der Waals surface area contributed by atoms with Crippen LogP contribution in [0.1, 0.15) is 15.9 Å². The molecule has 5 heteroatoms. The maximum absolute atomic E-state index is 10.8. The van der Waals surface area contributed by atoms with Crippen LogP contribution in [0, 0.1) is 0 Å². The topological polar surface area (TPSA) is 78.4 Å². The van der Waals surface area contributed by atoms with Crippen LogP contribution in [0.3, 0.4) is 0 Å². The first-order valence-corrected chi connectivity index (χ1v) is 4.86. The van der Waals surface area contributed by atoms with Gasteiger partial charge in [-0.05, 0) is 18.7 Å². The third-order valence-corrected chi connectivity index (χ3v) is 2.12. The Labute approximate surface area is 93.5 Å². The summed E-state index contributed by atoms with van der Waals surface area (Å²) in [5.41, 5.74) is 2.01. The minimum Gasteiger partial charge on any atom is -0.480 e. The van der Waals surface area contributed by atoms with E-state index in [-0.39, 0.29) is 6.54 Å². The van der Waals surface area contributed by atoms with Gasteiger partial charge in [-0.15, -0.1) is 0 Å². The van der Waals surface area contributed by atoms with Crippen molar-refractivity contribution in [2.45, 2.75) is 6.54 Å². The van der Waals surface area contributed by atoms with E-state index in [9.17, 15) is 9.59 Å². The monoisotopic (exact) mass is 222 g/mol. The summed E-state index contributed by atoms with van der Waals surface area (Å²) in [5, 5.41) is 14.3. The van der Waals surface area contributed by atoms with Crippen LogP contribution in [0.4, 0.5) is 5.69 Å². The summed E-state index contributed by atoms with van der Waals surface area (Å²) >= 11 is 0. The van der Waals surface area contributed by atoms with Crippen LogP contribution >= 0.6 is 0 Å². The number of benzene rings is 1. The first-order chi connectivity index (χ1) is 7.69. The standard InChI is InChI=1S/C11H14N2O3/c1-12-5-9-8(7-14)3-2-4-10(9)13-6-11(15)16/h2-4,7,12-13H,5-6H2,1H3,(H,15,16). The number of carboxylic acids is 1. The number of hydrogen-bond acceptors (Lipinski definition) is 4. The van der Waals surface area contributed by atoms with Crippen molar-refractivity contribution in [1.29, 1.82) is 0 Å². The predicted molar refractivity (Wildman–Crippen MR) is 60.7 cm³/mol. The number of anilines is 1. The molecule has 0 aliphatic rings. The number of rotatable bonds is 6. The molecule has 16 heavy (non-hydrogen) atoms. The highest BCUT2D eigenvalue weighted by molar-refractivity contribution is 5.82. The third-order valence-electron chi connectivity index (χ3n) is 2.12. The largest absolute Gasteiger partial charge is 0.480 e. The van der Waals surface area contributed by atoms with Crippen LogP contribution in [-0.4, -0.2) is 31.0 Å². The maximum atomic E-state index is 10.8. The Bertz CT molecular complexity index is 391. The summed E-state index contributed by atoms with van der Waals surface area (Å²) in [6, 6.07) is 5.17. The molecule has 0 unspecified atom stereocenters. The van der Waals surface area contributed by atoms with Crippen molar-refractivity contribution in [3.8, 4) is 0 Å². The molecule has 1 aromatic carbocycles. The highest BCUT2D eigenvalue weighted by Crippen LogP contribution is 2.18. The molecule has 1 aromatic rings. The van der Waals surface area contributed by atoms with Crippen molar-refractivity contribution >= 4 is 17.9 Å². The lowest BCUT2D eigenvalue weighted by Crippen LogP contribution is -2.16. The van der Waals surface area contributed by atoms with E-state index in [1.807, 2.05) is 0 Å². The van der Waals surface area contributed by atoms with Gasteiger partial charge >= 0.3 is 5.97 Å². The summed E-state index contributed by atoms with van der Waals surface area (Å²) in [5.74, 6) is -0.938. The van der Waals surface area contributed by atoms with E-state index in [0.29, 0.717) is 17.8 Å². The molecule has 0 saturated heterocycles. The molecule has 5 nitrogen and oxygen atoms in total. The first-order valence-electron chi connectivity index (χ1n) is 4.86. The Morgan fingerprint density at radius 1 is 1.50 bits per heavy atom. The number of aldehydes is 1. The van der Waals surface area contributed by atoms with Gasteiger partial charge in [0.05, 0.1) is 0 Å². The third kappa shape index (κ3) is 3.06. The molecule has 86 valence electrons. The van der Waals surface area contributed by atoms with Gasteiger partial charge < -0.3 is 15.7 Å². The Morgan fingerprint density at radius 2 is 2.25 bits per heavy atom. The summed E-state index contributed by atoms with van der Waals surface area (Å²) in [7, 11) is 1.77. The molecule has 0 heterocycles. The van der Waals surface area contributed by atoms with E-state index in [1.165, 1.54) is 0 Å². The van der Waals surface area contributed by atoms with Crippen molar-refractivity contribution in [1.82, 2.24) is 5.32 Å². The Balaban J connectivity index is 2.96. The molecular weight excluding hydrogens is 208 g/mol. The summed E-state index contributed by atoms with van der Waals surface area (Å²) in [6.07, 6.45) is 0.763. The van der Waals surface area contributed by atoms with Gasteiger partial charge in [0.1, 0.15) is 12.8 Å². The number of aliphatic carboxylic acids is 1. The highest BCUT2D eigenvalue weighted by atomic mass is 16.4. The highest BCUT2D eigenvalue weighted by Gasteiger charge is 2.07. The minimum absolute atomic E-state index is 0.168. The zero-order chi connectivity index (χ0) is 12.0. The van der Waals surface area contributed by atoms with Gasteiger partial charge in [0.15, 0.2) is 0 Å². The molecule has 0 amide bonds. The van der Waals surface area contributed by atoms with Crippen molar-refractivity contribution in [3.63, 3.8) is 0 Å². The first kappa shape index (κ1) is 12.2. The molecule has 0 bridgehead atoms. The van der Waals surface area contributed by atoms with Gasteiger partial charge in [-0.25, -0.2) is 0 Å². The second kappa shape index (κ2) is 5.87. The van der Waals surface area contributed by atoms with Crippen LogP contribution in [0.2, 0.25) is 0 Å². The van der Waals surface area contributed by atoms with E-state index in [0.717, 1.165) is 11.8 Å². The number of nitrogens with one attached hydrogen (secondary N) is 2. The predicted octanol–water partition coefficient (Wildman–Crippen LogP) is 0.715. The summed E-state index contributed by atoms with van der Waals surface area (Å²) in [4.78, 5) is 21.3. The Morgan fingerprint density at radius 3 is 2.81 bits per heavy atom. The SMILES string of the molecule is CNCc1c(C=O)cccc1NCC(=O)O. The van der Waals surface area contributed by atoms with Gasteiger partial charge in [0, 0.05) is 17.8 Å². The fourth-order valence-electron chi connectivity index (χ4n) is 1.43. The van der Waals surface area contributed by atoms with Gasteiger partial charge in [-0.1, -0.05) is 12.1 Å². The van der Waals surface area contributed by atoms with Crippen LogP contribution in [0.5, 0.6) is 0 Å². The van der Waals surface area contributed by atoms with Crippen LogP contribution in [-0.2, 0) is 11.3 Å². The zero-order valence-electron chi connectivity index (χ0n) is 8.99. The van der Waals surface area contributed by atoms with Crippen molar-refractivity contribution in [2.24, 2.45) is 0 Å². The smallest absolute Gasteiger partial charge is 0.322 e. The van der Waals surface area contributed by atoms with E-state index in [1.54, 1.807) is 25.2 Å². The lowest BCUT2D eigenvalue weighted by molar-refractivity contribution is -0.134. The van der Waals surface area contributed by atoms with Gasteiger partial charge in [-0.2, -0.15) is 0 Å². The van der Waals surface area contributed by atoms with Crippen molar-refractivity contribution < 1.29 is 14.7 Å². The second-order valence-corrected chi connectivity index (χ2v) is 3.27. The van der Waals surface area contributed by atoms with E-state index in [4.69, 9.17) is 5.11 Å². The lowest BCUT2D eigenvalue weighted by Gasteiger charge is -2.12. The molecule has 3 N–H and O–H groups in total. The second-order valence-electron chi connectivity index (χ2n) is 3.27. The molecule has 1 rings (SSSR count). The molecule has 0 fully saturated rings. The number of carboxylic acid groups (broad SMARTS) is 1. The Kier molecular flexibility index (Phi) is 4.47. The molecule has 0 atom stereocenters. The molecule has 0 saturated carbocycles. The van der Waals surface area contributed by atoms with Crippen LogP contribution in [0.25, 0.3) is 0 Å². The van der Waals surface area contributed by atoms with Crippen LogP contribution in [0.15, 0.2) is 18.2 Å². The summed E-state index contributed by atoms with van der Waals surface area (Å²) < 4.78 is 0. The number of carbonyl (C=O) groups excluding carboxylic acids is 1. The average Bonchev–Trinajstić information content (AvgIpc) is 2.27. The van der Waals surface area contributed by atoms with Crippen molar-refractivity contribution in [3.05, 3.63) is 29.3 Å². The van der Waals surface area contributed by atoms with Gasteiger partial charge in [0.25, 0.3) is 0 Å². The van der Waals surface area contributed by atoms with Gasteiger partial charge in [0.2, 0.25) is 0 Å². The fourth-order valence-corrected chi connectivity index (χ4v) is 1.43. The number of hydrogen-bond donors (Lipinski definition) is 3. The van der Waals surface area contributed by atoms with Crippen LogP contribution < -0.4 is 10.6 Å². The van der Waals surface area contributed by atoms with E-state index in [2.05, 4.69) is 10.6 Å². The fraction of sp³-hybridized carbons (Fsp3) is 0.273. The van der Waals surface area contributed by atoms with E-state index >= 15 is 0 Å². The summed E-state index contributed by atoms with van der Waals surface area (Å²) in [6.45, 7) is 0.343. The minimum atomic E-state index is -0.938. The molecule has 0 aliphatic carbocycles. The molecule has 0 radical (unpaired) electrons. The average molecular weight is 222 g/mol. The molecule has 0 spiro atoms. The normalized spacial score (nSPS) is 9.81. The lowest BCUT2D eigenvalue weighted by atomic mass is 10.1. The zero-order valence-corrected chi connectivity index (χ0v) is 8.99. The van der Waals surface area contributed by atoms with Crippen molar-refractivity contribution in [2.75, 3.05) is 18.9 Å². The quantitative estimate of drug-likeness (QED) is 0.618. The maximum Gasteiger partial charge on any atom is 0.322 e.